The fourth-order valence-corrected chi connectivity index (χ4v) is 6.04. The SMILES string of the molecule is c1ccc(-c2nc(-c3cccc4oc5ccccc5c34)nc(-c3cccc4oc5c(-c6ccccc6)cncc5c34)n2)cc1. The molecule has 0 N–H and O–H groups in total. The van der Waals surface area contributed by atoms with Gasteiger partial charge in [-0.25, -0.2) is 15.0 Å². The summed E-state index contributed by atoms with van der Waals surface area (Å²) in [5, 5.41) is 3.81. The lowest BCUT2D eigenvalue weighted by Gasteiger charge is -2.10. The van der Waals surface area contributed by atoms with Crippen LogP contribution in [0.3, 0.4) is 0 Å². The summed E-state index contributed by atoms with van der Waals surface area (Å²) in [5.41, 5.74) is 7.74. The second-order valence-corrected chi connectivity index (χ2v) is 10.7. The van der Waals surface area contributed by atoms with Gasteiger partial charge < -0.3 is 8.83 Å². The molecule has 0 spiro atoms. The van der Waals surface area contributed by atoms with Gasteiger partial charge >= 0.3 is 0 Å². The number of pyridine rings is 1. The minimum Gasteiger partial charge on any atom is -0.456 e. The summed E-state index contributed by atoms with van der Waals surface area (Å²) in [5.74, 6) is 1.71. The van der Waals surface area contributed by atoms with Crippen molar-refractivity contribution in [2.24, 2.45) is 0 Å². The molecule has 0 aliphatic carbocycles. The van der Waals surface area contributed by atoms with E-state index in [1.54, 1.807) is 0 Å². The number of fused-ring (bicyclic) bond motifs is 6. The summed E-state index contributed by atoms with van der Waals surface area (Å²) >= 11 is 0. The molecule has 9 rings (SSSR count). The molecule has 4 aromatic heterocycles. The first-order valence-corrected chi connectivity index (χ1v) is 14.4. The summed E-state index contributed by atoms with van der Waals surface area (Å²) in [4.78, 5) is 19.8. The van der Waals surface area contributed by atoms with Gasteiger partial charge in [0.25, 0.3) is 0 Å². The number of furan rings is 2. The molecule has 44 heavy (non-hydrogen) atoms. The van der Waals surface area contributed by atoms with Gasteiger partial charge in [0.1, 0.15) is 22.3 Å². The van der Waals surface area contributed by atoms with Crippen LogP contribution in [0.15, 0.2) is 143 Å². The minimum absolute atomic E-state index is 0.553. The first-order chi connectivity index (χ1) is 21.8. The average Bonchev–Trinajstić information content (AvgIpc) is 3.67. The Bertz CT molecular complexity index is 2500. The lowest BCUT2D eigenvalue weighted by Crippen LogP contribution is -2.00. The van der Waals surface area contributed by atoms with Gasteiger partial charge in [0.2, 0.25) is 0 Å². The summed E-state index contributed by atoms with van der Waals surface area (Å²) in [6, 6.07) is 40.2. The molecule has 0 radical (unpaired) electrons. The molecule has 6 heteroatoms. The van der Waals surface area contributed by atoms with Crippen molar-refractivity contribution in [1.82, 2.24) is 19.9 Å². The zero-order chi connectivity index (χ0) is 29.0. The summed E-state index contributed by atoms with van der Waals surface area (Å²) < 4.78 is 12.7. The van der Waals surface area contributed by atoms with Gasteiger partial charge in [-0.1, -0.05) is 103 Å². The van der Waals surface area contributed by atoms with E-state index in [1.807, 2.05) is 116 Å². The molecular weight excluding hydrogens is 544 g/mol. The van der Waals surface area contributed by atoms with E-state index < -0.39 is 0 Å². The summed E-state index contributed by atoms with van der Waals surface area (Å²) in [6.45, 7) is 0. The first-order valence-electron chi connectivity index (χ1n) is 14.4. The molecule has 0 saturated carbocycles. The van der Waals surface area contributed by atoms with Crippen LogP contribution in [-0.2, 0) is 0 Å². The number of hydrogen-bond acceptors (Lipinski definition) is 6. The van der Waals surface area contributed by atoms with Gasteiger partial charge in [-0.15, -0.1) is 0 Å². The van der Waals surface area contributed by atoms with Crippen molar-refractivity contribution in [1.29, 1.82) is 0 Å². The highest BCUT2D eigenvalue weighted by molar-refractivity contribution is 6.15. The molecule has 0 saturated heterocycles. The molecule has 0 bridgehead atoms. The van der Waals surface area contributed by atoms with E-state index in [-0.39, 0.29) is 0 Å². The molecule has 9 aromatic rings. The fourth-order valence-electron chi connectivity index (χ4n) is 6.04. The Morgan fingerprint density at radius 1 is 0.386 bits per heavy atom. The number of benzene rings is 5. The average molecular weight is 567 g/mol. The maximum Gasteiger partial charge on any atom is 0.164 e. The van der Waals surface area contributed by atoms with E-state index >= 15 is 0 Å². The van der Waals surface area contributed by atoms with Gasteiger partial charge in [0, 0.05) is 56.2 Å². The predicted molar refractivity (Wildman–Crippen MR) is 174 cm³/mol. The van der Waals surface area contributed by atoms with Crippen LogP contribution in [-0.4, -0.2) is 19.9 Å². The molecule has 0 atom stereocenters. The number of hydrogen-bond donors (Lipinski definition) is 0. The number of rotatable bonds is 4. The molecule has 4 heterocycles. The van der Waals surface area contributed by atoms with Gasteiger partial charge in [0.15, 0.2) is 17.5 Å². The highest BCUT2D eigenvalue weighted by Gasteiger charge is 2.21. The van der Waals surface area contributed by atoms with E-state index in [0.29, 0.717) is 17.5 Å². The Morgan fingerprint density at radius 2 is 0.955 bits per heavy atom. The molecule has 6 nitrogen and oxygen atoms in total. The zero-order valence-corrected chi connectivity index (χ0v) is 23.3. The largest absolute Gasteiger partial charge is 0.456 e. The third-order valence-corrected chi connectivity index (χ3v) is 8.04. The van der Waals surface area contributed by atoms with Crippen LogP contribution in [0.1, 0.15) is 0 Å². The Kier molecular flexibility index (Phi) is 5.40. The van der Waals surface area contributed by atoms with E-state index in [2.05, 4.69) is 23.2 Å². The molecule has 206 valence electrons. The standard InChI is InChI=1S/C38H22N4O2/c1-3-11-23(12-4-1)28-21-39-22-29-34-27(17-10-20-32(34)44-35(28)29)38-41-36(24-13-5-2-6-14-24)40-37(42-38)26-16-9-19-31-33(26)25-15-7-8-18-30(25)43-31/h1-22H. The van der Waals surface area contributed by atoms with Crippen LogP contribution in [0.5, 0.6) is 0 Å². The molecule has 0 aliphatic rings. The monoisotopic (exact) mass is 566 g/mol. The second-order valence-electron chi connectivity index (χ2n) is 10.7. The van der Waals surface area contributed by atoms with Gasteiger partial charge in [0.05, 0.1) is 0 Å². The van der Waals surface area contributed by atoms with Gasteiger partial charge in [-0.05, 0) is 23.8 Å². The maximum atomic E-state index is 6.50. The van der Waals surface area contributed by atoms with Crippen LogP contribution in [0.25, 0.3) is 89.2 Å². The van der Waals surface area contributed by atoms with Crippen molar-refractivity contribution in [3.8, 4) is 45.3 Å². The second kappa shape index (κ2) is 9.71. The molecular formula is C38H22N4O2. The van der Waals surface area contributed by atoms with Gasteiger partial charge in [-0.3, -0.25) is 4.98 Å². The topological polar surface area (TPSA) is 77.8 Å². The Balaban J connectivity index is 1.33. The van der Waals surface area contributed by atoms with Crippen LogP contribution in [0.2, 0.25) is 0 Å². The number of para-hydroxylation sites is 1. The normalized spacial score (nSPS) is 11.6. The number of nitrogens with zero attached hydrogens (tertiary/aromatic N) is 4. The Hall–Kier alpha value is -6.14. The Labute approximate surface area is 251 Å². The molecule has 0 amide bonds. The van der Waals surface area contributed by atoms with Crippen LogP contribution in [0, 0.1) is 0 Å². The third kappa shape index (κ3) is 3.82. The van der Waals surface area contributed by atoms with Crippen molar-refractivity contribution >= 4 is 43.9 Å². The third-order valence-electron chi connectivity index (χ3n) is 8.04. The molecule has 0 aliphatic heterocycles. The minimum atomic E-state index is 0.553. The Morgan fingerprint density at radius 3 is 1.68 bits per heavy atom. The van der Waals surface area contributed by atoms with Crippen molar-refractivity contribution in [2.75, 3.05) is 0 Å². The van der Waals surface area contributed by atoms with Crippen molar-refractivity contribution in [3.63, 3.8) is 0 Å². The van der Waals surface area contributed by atoms with Crippen LogP contribution >= 0.6 is 0 Å². The van der Waals surface area contributed by atoms with E-state index in [4.69, 9.17) is 23.8 Å². The van der Waals surface area contributed by atoms with E-state index in [1.165, 1.54) is 0 Å². The van der Waals surface area contributed by atoms with Crippen molar-refractivity contribution in [3.05, 3.63) is 134 Å². The smallest absolute Gasteiger partial charge is 0.164 e. The van der Waals surface area contributed by atoms with E-state index in [0.717, 1.165) is 71.7 Å². The van der Waals surface area contributed by atoms with Crippen LogP contribution in [0.4, 0.5) is 0 Å². The van der Waals surface area contributed by atoms with Crippen molar-refractivity contribution < 1.29 is 8.83 Å². The highest BCUT2D eigenvalue weighted by atomic mass is 16.3. The maximum absolute atomic E-state index is 6.50. The predicted octanol–water partition coefficient (Wildman–Crippen LogP) is 9.73. The molecule has 5 aromatic carbocycles. The fraction of sp³-hybridized carbons (Fsp3) is 0. The highest BCUT2D eigenvalue weighted by Crippen LogP contribution is 2.41. The van der Waals surface area contributed by atoms with Crippen molar-refractivity contribution in [2.45, 2.75) is 0 Å². The van der Waals surface area contributed by atoms with E-state index in [9.17, 15) is 0 Å². The zero-order valence-electron chi connectivity index (χ0n) is 23.3. The molecule has 0 fully saturated rings. The lowest BCUT2D eigenvalue weighted by atomic mass is 10.0. The summed E-state index contributed by atoms with van der Waals surface area (Å²) in [7, 11) is 0. The number of aromatic nitrogens is 4. The van der Waals surface area contributed by atoms with Gasteiger partial charge in [-0.2, -0.15) is 0 Å². The summed E-state index contributed by atoms with van der Waals surface area (Å²) in [6.07, 6.45) is 3.71. The quantitative estimate of drug-likeness (QED) is 0.211. The lowest BCUT2D eigenvalue weighted by molar-refractivity contribution is 0.669. The first kappa shape index (κ1) is 24.5. The molecule has 0 unspecified atom stereocenters. The van der Waals surface area contributed by atoms with Crippen LogP contribution < -0.4 is 0 Å².